The molecule has 8 nitrogen and oxygen atoms in total. The van der Waals surface area contributed by atoms with Crippen LogP contribution >= 0.6 is 0 Å². The first kappa shape index (κ1) is 21.5. The van der Waals surface area contributed by atoms with E-state index in [0.717, 1.165) is 17.0 Å². The Balaban J connectivity index is 1.33. The number of methoxy groups -OCH3 is 1. The second kappa shape index (κ2) is 9.64. The number of aromatic nitrogens is 3. The fourth-order valence-corrected chi connectivity index (χ4v) is 4.05. The lowest BCUT2D eigenvalue weighted by molar-refractivity contribution is -0.122. The highest BCUT2D eigenvalue weighted by molar-refractivity contribution is 5.80. The van der Waals surface area contributed by atoms with Gasteiger partial charge in [0.25, 0.3) is 0 Å². The number of carbonyl (C=O) groups excluding carboxylic acids is 2. The summed E-state index contributed by atoms with van der Waals surface area (Å²) in [5.41, 5.74) is 2.20. The first-order chi connectivity index (χ1) is 15.5. The fraction of sp³-hybridized carbons (Fsp3) is 0.333. The molecule has 0 aliphatic carbocycles. The largest absolute Gasteiger partial charge is 0.497 e. The molecule has 3 aromatic rings. The van der Waals surface area contributed by atoms with Gasteiger partial charge in [0.1, 0.15) is 11.4 Å². The topological polar surface area (TPSA) is 98.1 Å². The second-order valence-corrected chi connectivity index (χ2v) is 8.09. The summed E-state index contributed by atoms with van der Waals surface area (Å²) in [7, 11) is 1.63. The highest BCUT2D eigenvalue weighted by atomic mass is 16.5. The second-order valence-electron chi connectivity index (χ2n) is 8.09. The van der Waals surface area contributed by atoms with Gasteiger partial charge in [0.2, 0.25) is 11.8 Å². The maximum Gasteiger partial charge on any atom is 0.220 e. The normalized spacial score (nSPS) is 17.7. The molecule has 166 valence electrons. The first-order valence-corrected chi connectivity index (χ1v) is 10.7. The Morgan fingerprint density at radius 1 is 1.22 bits per heavy atom. The molecule has 2 N–H and O–H groups in total. The molecule has 1 aromatic heterocycles. The van der Waals surface area contributed by atoms with E-state index in [9.17, 15) is 9.59 Å². The van der Waals surface area contributed by atoms with Crippen molar-refractivity contribution in [1.29, 1.82) is 0 Å². The van der Waals surface area contributed by atoms with Crippen LogP contribution in [-0.4, -0.2) is 39.5 Å². The third-order valence-electron chi connectivity index (χ3n) is 5.74. The quantitative estimate of drug-likeness (QED) is 0.541. The molecular formula is C24H27N5O3. The van der Waals surface area contributed by atoms with Crippen molar-refractivity contribution in [3.05, 3.63) is 72.1 Å². The van der Waals surface area contributed by atoms with Crippen molar-refractivity contribution < 1.29 is 14.3 Å². The Labute approximate surface area is 187 Å². The molecule has 1 atom stereocenters. The molecule has 1 saturated heterocycles. The van der Waals surface area contributed by atoms with Crippen LogP contribution in [0, 0.1) is 0 Å². The highest BCUT2D eigenvalue weighted by Gasteiger charge is 2.37. The molecule has 4 rings (SSSR count). The first-order valence-electron chi connectivity index (χ1n) is 10.7. The predicted octanol–water partition coefficient (Wildman–Crippen LogP) is 2.56. The number of carbonyl (C=O) groups is 2. The summed E-state index contributed by atoms with van der Waals surface area (Å²) in [6, 6.07) is 17.4. The van der Waals surface area contributed by atoms with Crippen LogP contribution < -0.4 is 15.4 Å². The van der Waals surface area contributed by atoms with E-state index >= 15 is 0 Å². The summed E-state index contributed by atoms with van der Waals surface area (Å²) in [5.74, 6) is 0.736. The van der Waals surface area contributed by atoms with E-state index in [0.29, 0.717) is 44.3 Å². The standard InChI is InChI=1S/C24H27N5O3/c1-32-21-9-5-6-18(14-21)15-24(13-11-23(31)27-24)12-10-22(30)25-16-19-17-26-29(28-19)20-7-3-2-4-8-20/h2-9,14,17H,10-13,15-16H2,1H3,(H,25,30)(H,27,31)/t24-/m1/s1. The Hall–Kier alpha value is -3.68. The van der Waals surface area contributed by atoms with Crippen LogP contribution in [0.4, 0.5) is 0 Å². The van der Waals surface area contributed by atoms with Crippen LogP contribution in [0.15, 0.2) is 60.8 Å². The van der Waals surface area contributed by atoms with Gasteiger partial charge < -0.3 is 15.4 Å². The average Bonchev–Trinajstić information content (AvgIpc) is 3.44. The molecule has 0 saturated carbocycles. The Morgan fingerprint density at radius 3 is 2.81 bits per heavy atom. The van der Waals surface area contributed by atoms with Crippen LogP contribution in [-0.2, 0) is 22.6 Å². The summed E-state index contributed by atoms with van der Waals surface area (Å²) < 4.78 is 5.31. The Kier molecular flexibility index (Phi) is 6.49. The molecule has 2 heterocycles. The van der Waals surface area contributed by atoms with E-state index in [1.54, 1.807) is 18.1 Å². The van der Waals surface area contributed by atoms with Crippen LogP contribution in [0.5, 0.6) is 5.75 Å². The van der Waals surface area contributed by atoms with Gasteiger partial charge in [-0.1, -0.05) is 30.3 Å². The van der Waals surface area contributed by atoms with Crippen LogP contribution in [0.3, 0.4) is 0 Å². The molecule has 0 spiro atoms. The SMILES string of the molecule is COc1cccc(C[C@@]2(CCC(=O)NCc3cnn(-c4ccccc4)n3)CCC(=O)N2)c1. The highest BCUT2D eigenvalue weighted by Crippen LogP contribution is 2.30. The molecule has 0 radical (unpaired) electrons. The minimum atomic E-state index is -0.419. The van der Waals surface area contributed by atoms with Gasteiger partial charge in [-0.2, -0.15) is 15.0 Å². The van der Waals surface area contributed by atoms with Gasteiger partial charge in [0.05, 0.1) is 25.5 Å². The minimum Gasteiger partial charge on any atom is -0.497 e. The van der Waals surface area contributed by atoms with Crippen molar-refractivity contribution in [1.82, 2.24) is 25.6 Å². The van der Waals surface area contributed by atoms with E-state index in [2.05, 4.69) is 20.8 Å². The lowest BCUT2D eigenvalue weighted by atomic mass is 9.85. The van der Waals surface area contributed by atoms with E-state index in [4.69, 9.17) is 4.74 Å². The van der Waals surface area contributed by atoms with Crippen molar-refractivity contribution in [3.63, 3.8) is 0 Å². The van der Waals surface area contributed by atoms with Crippen molar-refractivity contribution in [2.75, 3.05) is 7.11 Å². The van der Waals surface area contributed by atoms with Crippen LogP contribution in [0.1, 0.15) is 36.9 Å². The Bertz CT molecular complexity index is 1080. The molecule has 1 fully saturated rings. The maximum atomic E-state index is 12.5. The number of rotatable bonds is 9. The van der Waals surface area contributed by atoms with Crippen molar-refractivity contribution >= 4 is 11.8 Å². The zero-order valence-electron chi connectivity index (χ0n) is 18.1. The van der Waals surface area contributed by atoms with E-state index in [-0.39, 0.29) is 11.8 Å². The number of hydrogen-bond acceptors (Lipinski definition) is 5. The van der Waals surface area contributed by atoms with Gasteiger partial charge in [-0.05, 0) is 49.1 Å². The van der Waals surface area contributed by atoms with E-state index in [1.807, 2.05) is 54.6 Å². The number of hydrogen-bond donors (Lipinski definition) is 2. The third kappa shape index (κ3) is 5.32. The molecule has 32 heavy (non-hydrogen) atoms. The van der Waals surface area contributed by atoms with Gasteiger partial charge in [-0.15, -0.1) is 0 Å². The van der Waals surface area contributed by atoms with Gasteiger partial charge in [0.15, 0.2) is 0 Å². The summed E-state index contributed by atoms with van der Waals surface area (Å²) in [4.78, 5) is 26.1. The molecular weight excluding hydrogens is 406 g/mol. The minimum absolute atomic E-state index is 0.0332. The number of amides is 2. The molecule has 0 unspecified atom stereocenters. The van der Waals surface area contributed by atoms with Gasteiger partial charge in [0, 0.05) is 18.4 Å². The summed E-state index contributed by atoms with van der Waals surface area (Å²) >= 11 is 0. The summed E-state index contributed by atoms with van der Waals surface area (Å²) in [6.07, 6.45) is 4.38. The lowest BCUT2D eigenvalue weighted by Gasteiger charge is -2.29. The number of nitrogens with one attached hydrogen (secondary N) is 2. The zero-order valence-corrected chi connectivity index (χ0v) is 18.1. The van der Waals surface area contributed by atoms with Gasteiger partial charge in [-0.3, -0.25) is 9.59 Å². The fourth-order valence-electron chi connectivity index (χ4n) is 4.05. The van der Waals surface area contributed by atoms with Crippen LogP contribution in [0.2, 0.25) is 0 Å². The lowest BCUT2D eigenvalue weighted by Crippen LogP contribution is -2.44. The average molecular weight is 434 g/mol. The molecule has 8 heteroatoms. The third-order valence-corrected chi connectivity index (χ3v) is 5.74. The molecule has 0 bridgehead atoms. The smallest absolute Gasteiger partial charge is 0.220 e. The predicted molar refractivity (Wildman–Crippen MR) is 119 cm³/mol. The maximum absolute atomic E-state index is 12.5. The molecule has 1 aliphatic heterocycles. The summed E-state index contributed by atoms with van der Waals surface area (Å²) in [5, 5.41) is 14.7. The Morgan fingerprint density at radius 2 is 2.06 bits per heavy atom. The van der Waals surface area contributed by atoms with Crippen molar-refractivity contribution in [3.8, 4) is 11.4 Å². The van der Waals surface area contributed by atoms with Crippen LogP contribution in [0.25, 0.3) is 5.69 Å². The van der Waals surface area contributed by atoms with Gasteiger partial charge in [-0.25, -0.2) is 0 Å². The molecule has 2 amide bonds. The van der Waals surface area contributed by atoms with E-state index < -0.39 is 5.54 Å². The molecule has 2 aromatic carbocycles. The monoisotopic (exact) mass is 433 g/mol. The number of nitrogens with zero attached hydrogens (tertiary/aromatic N) is 3. The zero-order chi connectivity index (χ0) is 22.4. The van der Waals surface area contributed by atoms with Crippen molar-refractivity contribution in [2.24, 2.45) is 0 Å². The molecule has 1 aliphatic rings. The van der Waals surface area contributed by atoms with E-state index in [1.165, 1.54) is 0 Å². The summed E-state index contributed by atoms with van der Waals surface area (Å²) in [6.45, 7) is 0.306. The van der Waals surface area contributed by atoms with Gasteiger partial charge >= 0.3 is 0 Å². The number of benzene rings is 2. The van der Waals surface area contributed by atoms with Crippen molar-refractivity contribution in [2.45, 2.75) is 44.2 Å². The number of para-hydroxylation sites is 1. The number of ether oxygens (including phenoxy) is 1.